The lowest BCUT2D eigenvalue weighted by Gasteiger charge is -2.40. The molecule has 2 fully saturated rings. The van der Waals surface area contributed by atoms with E-state index in [2.05, 4.69) is 4.98 Å². The van der Waals surface area contributed by atoms with Gasteiger partial charge < -0.3 is 24.1 Å². The first-order valence-electron chi connectivity index (χ1n) is 14.0. The summed E-state index contributed by atoms with van der Waals surface area (Å²) in [6, 6.07) is 25.4. The molecule has 2 aliphatic rings. The molecule has 0 amide bonds. The molecule has 6 rings (SSSR count). The lowest BCUT2D eigenvalue weighted by molar-refractivity contribution is -0.169. The van der Waals surface area contributed by atoms with Crippen molar-refractivity contribution in [3.05, 3.63) is 128 Å². The first kappa shape index (κ1) is 28.0. The molecule has 0 spiro atoms. The third-order valence-electron chi connectivity index (χ3n) is 8.67. The molecule has 2 bridgehead atoms. The Bertz CT molecular complexity index is 1640. The Hall–Kier alpha value is -4.18. The van der Waals surface area contributed by atoms with Crippen LogP contribution in [0.1, 0.15) is 41.3 Å². The summed E-state index contributed by atoms with van der Waals surface area (Å²) in [6.07, 6.45) is 1.05. The summed E-state index contributed by atoms with van der Waals surface area (Å²) in [5, 5.41) is 11.6. The summed E-state index contributed by atoms with van der Waals surface area (Å²) in [6.45, 7) is 1.66. The van der Waals surface area contributed by atoms with Crippen LogP contribution < -0.4 is 20.7 Å². The number of methoxy groups -OCH3 is 2. The van der Waals surface area contributed by atoms with E-state index in [4.69, 9.17) is 18.9 Å². The molecule has 4 atom stereocenters. The normalized spacial score (nSPS) is 23.2. The Morgan fingerprint density at radius 2 is 1.67 bits per heavy atom. The predicted octanol–water partition coefficient (Wildman–Crippen LogP) is 3.91. The second-order valence-corrected chi connectivity index (χ2v) is 11.0. The van der Waals surface area contributed by atoms with Gasteiger partial charge in [-0.2, -0.15) is 0 Å². The number of nitrogens with one attached hydrogen (secondary N) is 1. The molecule has 0 radical (unpaired) electrons. The molecule has 9 nitrogen and oxygen atoms in total. The van der Waals surface area contributed by atoms with Gasteiger partial charge in [0.05, 0.1) is 26.9 Å². The fourth-order valence-electron chi connectivity index (χ4n) is 6.48. The van der Waals surface area contributed by atoms with Gasteiger partial charge in [0.15, 0.2) is 0 Å². The van der Waals surface area contributed by atoms with Crippen molar-refractivity contribution in [2.75, 3.05) is 20.8 Å². The van der Waals surface area contributed by atoms with E-state index in [1.807, 2.05) is 78.9 Å². The minimum Gasteiger partial charge on any atom is -0.497 e. The van der Waals surface area contributed by atoms with Gasteiger partial charge in [0.2, 0.25) is 0 Å². The Morgan fingerprint density at radius 1 is 1.00 bits per heavy atom. The van der Waals surface area contributed by atoms with Crippen molar-refractivity contribution in [2.45, 2.75) is 43.3 Å². The lowest BCUT2D eigenvalue weighted by atomic mass is 9.79. The number of aromatic nitrogens is 2. The van der Waals surface area contributed by atoms with Crippen molar-refractivity contribution < 1.29 is 24.1 Å². The predicted molar refractivity (Wildman–Crippen MR) is 156 cm³/mol. The molecular formula is C33H34N2O7. The van der Waals surface area contributed by atoms with Crippen LogP contribution in [-0.2, 0) is 15.1 Å². The van der Waals surface area contributed by atoms with Crippen molar-refractivity contribution in [3.8, 4) is 11.5 Å². The molecular weight excluding hydrogens is 536 g/mol. The number of hydrogen-bond acceptors (Lipinski definition) is 7. The highest BCUT2D eigenvalue weighted by molar-refractivity contribution is 5.55. The average molecular weight is 571 g/mol. The number of ether oxygens (including phenoxy) is 4. The lowest BCUT2D eigenvalue weighted by Crippen LogP contribution is -2.46. The summed E-state index contributed by atoms with van der Waals surface area (Å²) in [5.74, 6) is 0.877. The molecule has 1 aliphatic carbocycles. The zero-order valence-corrected chi connectivity index (χ0v) is 23.8. The van der Waals surface area contributed by atoms with Crippen LogP contribution in [0.25, 0.3) is 0 Å². The standard InChI is InChI=1S/C33H34N2O7/c1-21-19-35(31(38)34-29(21)37)30-25-16-17-32(42-30,28(25)36)20-41-33(22-10-6-4-7-11-22,23-12-8-5-9-13-23)26-15-14-24(39-2)18-27(26)40-3/h4-15,18-19,25,28,30,36H,16-17,20H2,1-3H3,(H,34,37,38). The minimum atomic E-state index is -1.15. The number of fused-ring (bicyclic) bond motifs is 2. The molecule has 2 heterocycles. The van der Waals surface area contributed by atoms with Gasteiger partial charge in [-0.3, -0.25) is 14.3 Å². The molecule has 42 heavy (non-hydrogen) atoms. The minimum absolute atomic E-state index is 0.0250. The number of aliphatic hydroxyl groups excluding tert-OH is 1. The van der Waals surface area contributed by atoms with E-state index < -0.39 is 34.8 Å². The van der Waals surface area contributed by atoms with Crippen molar-refractivity contribution >= 4 is 0 Å². The summed E-state index contributed by atoms with van der Waals surface area (Å²) in [7, 11) is 3.21. The maximum Gasteiger partial charge on any atom is 0.330 e. The van der Waals surface area contributed by atoms with E-state index in [0.29, 0.717) is 29.9 Å². The highest BCUT2D eigenvalue weighted by Gasteiger charge is 2.61. The number of rotatable bonds is 9. The number of aromatic amines is 1. The maximum atomic E-state index is 12.8. The first-order valence-corrected chi connectivity index (χ1v) is 14.0. The maximum absolute atomic E-state index is 12.8. The van der Waals surface area contributed by atoms with Crippen molar-refractivity contribution in [3.63, 3.8) is 0 Å². The van der Waals surface area contributed by atoms with Crippen LogP contribution >= 0.6 is 0 Å². The zero-order chi connectivity index (χ0) is 29.5. The van der Waals surface area contributed by atoms with Gasteiger partial charge in [-0.1, -0.05) is 60.7 Å². The Morgan fingerprint density at radius 3 is 2.29 bits per heavy atom. The van der Waals surface area contributed by atoms with Crippen LogP contribution in [0.3, 0.4) is 0 Å². The number of hydrogen-bond donors (Lipinski definition) is 2. The van der Waals surface area contributed by atoms with Gasteiger partial charge in [0.1, 0.15) is 28.9 Å². The molecule has 2 N–H and O–H groups in total. The quantitative estimate of drug-likeness (QED) is 0.294. The molecule has 4 aromatic rings. The SMILES string of the molecule is COc1ccc(C(OCC23CCC(C(n4cc(C)c(=O)[nH]c4=O)O2)C3O)(c2ccccc2)c2ccccc2)c(OC)c1. The monoisotopic (exact) mass is 570 g/mol. The molecule has 218 valence electrons. The van der Waals surface area contributed by atoms with Gasteiger partial charge in [-0.15, -0.1) is 0 Å². The summed E-state index contributed by atoms with van der Waals surface area (Å²) >= 11 is 0. The van der Waals surface area contributed by atoms with Gasteiger partial charge >= 0.3 is 5.69 Å². The van der Waals surface area contributed by atoms with E-state index in [9.17, 15) is 14.7 Å². The van der Waals surface area contributed by atoms with Crippen LogP contribution in [0, 0.1) is 12.8 Å². The number of H-pyrrole nitrogens is 1. The van der Waals surface area contributed by atoms with E-state index in [0.717, 1.165) is 16.7 Å². The number of aliphatic hydroxyl groups is 1. The van der Waals surface area contributed by atoms with Crippen molar-refractivity contribution in [1.82, 2.24) is 9.55 Å². The Kier molecular flexibility index (Phi) is 7.26. The van der Waals surface area contributed by atoms with Crippen LogP contribution in [0.4, 0.5) is 0 Å². The molecule has 1 aromatic heterocycles. The Labute approximate surface area is 243 Å². The second-order valence-electron chi connectivity index (χ2n) is 11.0. The smallest absolute Gasteiger partial charge is 0.330 e. The van der Waals surface area contributed by atoms with Crippen LogP contribution in [0.5, 0.6) is 11.5 Å². The molecule has 3 aromatic carbocycles. The third-order valence-corrected chi connectivity index (χ3v) is 8.67. The largest absolute Gasteiger partial charge is 0.497 e. The van der Waals surface area contributed by atoms with Crippen LogP contribution in [0.15, 0.2) is 94.6 Å². The fourth-order valence-corrected chi connectivity index (χ4v) is 6.48. The van der Waals surface area contributed by atoms with E-state index in [1.165, 1.54) is 10.8 Å². The second kappa shape index (κ2) is 10.9. The molecule has 9 heteroatoms. The van der Waals surface area contributed by atoms with Crippen LogP contribution in [-0.4, -0.2) is 47.2 Å². The highest BCUT2D eigenvalue weighted by Crippen LogP contribution is 2.54. The molecule has 1 saturated carbocycles. The molecule has 1 saturated heterocycles. The van der Waals surface area contributed by atoms with Crippen LogP contribution in [0.2, 0.25) is 0 Å². The fraction of sp³-hybridized carbons (Fsp3) is 0.333. The summed E-state index contributed by atoms with van der Waals surface area (Å²) in [5.41, 5.74) is -0.374. The van der Waals surface area contributed by atoms with E-state index in [-0.39, 0.29) is 12.5 Å². The number of benzene rings is 3. The number of nitrogens with zero attached hydrogens (tertiary/aromatic N) is 1. The van der Waals surface area contributed by atoms with Gasteiger partial charge in [0, 0.05) is 29.3 Å². The third kappa shape index (κ3) is 4.45. The molecule has 1 aliphatic heterocycles. The van der Waals surface area contributed by atoms with Crippen molar-refractivity contribution in [1.29, 1.82) is 0 Å². The highest BCUT2D eigenvalue weighted by atomic mass is 16.6. The first-order chi connectivity index (χ1) is 20.3. The van der Waals surface area contributed by atoms with Gasteiger partial charge in [-0.25, -0.2) is 4.79 Å². The summed E-state index contributed by atoms with van der Waals surface area (Å²) in [4.78, 5) is 27.1. The number of aryl methyl sites for hydroxylation is 1. The molecule has 4 unspecified atom stereocenters. The zero-order valence-electron chi connectivity index (χ0n) is 23.8. The summed E-state index contributed by atoms with van der Waals surface area (Å²) < 4.78 is 26.4. The van der Waals surface area contributed by atoms with Gasteiger partial charge in [0.25, 0.3) is 5.56 Å². The topological polar surface area (TPSA) is 112 Å². The van der Waals surface area contributed by atoms with Gasteiger partial charge in [-0.05, 0) is 43.0 Å². The van der Waals surface area contributed by atoms with E-state index >= 15 is 0 Å². The van der Waals surface area contributed by atoms with Crippen molar-refractivity contribution in [2.24, 2.45) is 5.92 Å². The Balaban J connectivity index is 1.46. The van der Waals surface area contributed by atoms with E-state index in [1.54, 1.807) is 21.1 Å². The average Bonchev–Trinajstić information content (AvgIpc) is 3.49.